The van der Waals surface area contributed by atoms with Crippen LogP contribution in [-0.4, -0.2) is 30.6 Å². The number of carbonyl (C=O) groups is 1. The molecule has 108 valence electrons. The van der Waals surface area contributed by atoms with Crippen LogP contribution in [-0.2, 0) is 11.2 Å². The maximum atomic E-state index is 12.4. The van der Waals surface area contributed by atoms with Crippen LogP contribution in [0.2, 0.25) is 0 Å². The Balaban J connectivity index is 1.55. The molecule has 4 nitrogen and oxygen atoms in total. The molecule has 2 aliphatic heterocycles. The van der Waals surface area contributed by atoms with Gasteiger partial charge in [0.1, 0.15) is 11.9 Å². The lowest BCUT2D eigenvalue weighted by Crippen LogP contribution is -2.54. The molecule has 0 spiro atoms. The van der Waals surface area contributed by atoms with Gasteiger partial charge in [-0.25, -0.2) is 0 Å². The Labute approximate surface area is 119 Å². The first-order valence-electron chi connectivity index (χ1n) is 7.51. The second kappa shape index (κ2) is 5.44. The molecule has 2 atom stereocenters. The fraction of sp³-hybridized carbons (Fsp3) is 0.562. The number of benzene rings is 1. The molecule has 2 N–H and O–H groups in total. The first-order chi connectivity index (χ1) is 9.73. The third-order valence-electron chi connectivity index (χ3n) is 4.49. The van der Waals surface area contributed by atoms with E-state index in [1.165, 1.54) is 5.56 Å². The number of hydrogen-bond acceptors (Lipinski definition) is 3. The third-order valence-corrected chi connectivity index (χ3v) is 4.49. The van der Waals surface area contributed by atoms with Gasteiger partial charge in [0.05, 0.1) is 12.1 Å². The summed E-state index contributed by atoms with van der Waals surface area (Å²) < 4.78 is 5.85. The molecular formula is C16H22N2O2. The van der Waals surface area contributed by atoms with E-state index in [0.29, 0.717) is 6.54 Å². The summed E-state index contributed by atoms with van der Waals surface area (Å²) in [4.78, 5) is 12.4. The van der Waals surface area contributed by atoms with Crippen molar-refractivity contribution in [2.75, 3.05) is 13.1 Å². The van der Waals surface area contributed by atoms with E-state index in [2.05, 4.69) is 23.6 Å². The molecule has 1 fully saturated rings. The van der Waals surface area contributed by atoms with Crippen molar-refractivity contribution in [1.29, 1.82) is 0 Å². The van der Waals surface area contributed by atoms with Gasteiger partial charge in [-0.05, 0) is 37.4 Å². The first-order valence-corrected chi connectivity index (χ1v) is 7.51. The molecule has 2 aliphatic rings. The van der Waals surface area contributed by atoms with Gasteiger partial charge in [0.2, 0.25) is 5.91 Å². The van der Waals surface area contributed by atoms with Crippen LogP contribution in [0.1, 0.15) is 31.7 Å². The van der Waals surface area contributed by atoms with Crippen LogP contribution in [0.4, 0.5) is 0 Å². The van der Waals surface area contributed by atoms with Gasteiger partial charge in [-0.1, -0.05) is 25.1 Å². The van der Waals surface area contributed by atoms with Crippen LogP contribution in [0.15, 0.2) is 24.3 Å². The minimum Gasteiger partial charge on any atom is -0.488 e. The number of amides is 1. The summed E-state index contributed by atoms with van der Waals surface area (Å²) in [6, 6.07) is 8.08. The molecular weight excluding hydrogens is 252 g/mol. The average molecular weight is 274 g/mol. The van der Waals surface area contributed by atoms with Gasteiger partial charge in [0.25, 0.3) is 0 Å². The Kier molecular flexibility index (Phi) is 3.66. The van der Waals surface area contributed by atoms with Gasteiger partial charge in [-0.3, -0.25) is 4.79 Å². The zero-order valence-corrected chi connectivity index (χ0v) is 11.9. The van der Waals surface area contributed by atoms with Crippen molar-refractivity contribution < 1.29 is 9.53 Å². The van der Waals surface area contributed by atoms with Gasteiger partial charge in [0.15, 0.2) is 0 Å². The molecule has 0 bridgehead atoms. The Bertz CT molecular complexity index is 470. The van der Waals surface area contributed by atoms with Crippen LogP contribution < -0.4 is 15.4 Å². The second-order valence-corrected chi connectivity index (χ2v) is 5.73. The molecule has 1 saturated heterocycles. The van der Waals surface area contributed by atoms with Gasteiger partial charge >= 0.3 is 0 Å². The highest BCUT2D eigenvalue weighted by atomic mass is 16.5. The zero-order valence-electron chi connectivity index (χ0n) is 11.9. The topological polar surface area (TPSA) is 50.4 Å². The van der Waals surface area contributed by atoms with Crippen LogP contribution in [0.5, 0.6) is 5.75 Å². The van der Waals surface area contributed by atoms with Crippen LogP contribution in [0, 0.1) is 0 Å². The number of fused-ring (bicyclic) bond motifs is 1. The molecule has 2 unspecified atom stereocenters. The van der Waals surface area contributed by atoms with E-state index in [1.807, 2.05) is 18.2 Å². The van der Waals surface area contributed by atoms with Gasteiger partial charge < -0.3 is 15.4 Å². The monoisotopic (exact) mass is 274 g/mol. The smallest absolute Gasteiger partial charge is 0.240 e. The molecule has 0 aliphatic carbocycles. The molecule has 0 aromatic heterocycles. The molecule has 0 radical (unpaired) electrons. The molecule has 1 aromatic rings. The highest BCUT2D eigenvalue weighted by Crippen LogP contribution is 2.28. The van der Waals surface area contributed by atoms with Crippen LogP contribution in [0.25, 0.3) is 0 Å². The predicted molar refractivity (Wildman–Crippen MR) is 77.8 cm³/mol. The van der Waals surface area contributed by atoms with E-state index < -0.39 is 0 Å². The van der Waals surface area contributed by atoms with Crippen molar-refractivity contribution in [3.63, 3.8) is 0 Å². The fourth-order valence-electron chi connectivity index (χ4n) is 3.21. The summed E-state index contributed by atoms with van der Waals surface area (Å²) in [7, 11) is 0. The number of hydrogen-bond donors (Lipinski definition) is 2. The maximum absolute atomic E-state index is 12.4. The lowest BCUT2D eigenvalue weighted by Gasteiger charge is -2.27. The fourth-order valence-corrected chi connectivity index (χ4v) is 3.21. The minimum absolute atomic E-state index is 0.0617. The zero-order chi connectivity index (χ0) is 14.0. The summed E-state index contributed by atoms with van der Waals surface area (Å²) in [5.74, 6) is 1.08. The van der Waals surface area contributed by atoms with Crippen molar-refractivity contribution in [2.45, 2.75) is 44.2 Å². The van der Waals surface area contributed by atoms with E-state index in [-0.39, 0.29) is 17.6 Å². The van der Waals surface area contributed by atoms with Gasteiger partial charge in [-0.15, -0.1) is 0 Å². The highest BCUT2D eigenvalue weighted by Gasteiger charge is 2.39. The summed E-state index contributed by atoms with van der Waals surface area (Å²) in [5.41, 5.74) is 0.877. The van der Waals surface area contributed by atoms with Crippen molar-refractivity contribution in [1.82, 2.24) is 10.6 Å². The van der Waals surface area contributed by atoms with Crippen molar-refractivity contribution >= 4 is 5.91 Å². The molecule has 0 saturated carbocycles. The standard InChI is InChI=1S/C16H22N2O2/c1-2-16(8-5-9-18-16)15(19)17-11-13-10-12-6-3-4-7-14(12)20-13/h3-4,6-7,13,18H,2,5,8-11H2,1H3,(H,17,19). The summed E-state index contributed by atoms with van der Waals surface area (Å²) in [6.45, 7) is 3.59. The van der Waals surface area contributed by atoms with Crippen molar-refractivity contribution in [3.05, 3.63) is 29.8 Å². The third kappa shape index (κ3) is 2.40. The Morgan fingerprint density at radius 2 is 2.35 bits per heavy atom. The Morgan fingerprint density at radius 3 is 3.05 bits per heavy atom. The minimum atomic E-state index is -0.356. The van der Waals surface area contributed by atoms with E-state index in [4.69, 9.17) is 4.74 Å². The predicted octanol–water partition coefficient (Wildman–Crippen LogP) is 1.64. The average Bonchev–Trinajstić information content (AvgIpc) is 3.11. The van der Waals surface area contributed by atoms with E-state index in [9.17, 15) is 4.79 Å². The number of ether oxygens (including phenoxy) is 1. The van der Waals surface area contributed by atoms with Crippen molar-refractivity contribution in [3.8, 4) is 5.75 Å². The summed E-state index contributed by atoms with van der Waals surface area (Å²) in [5, 5.41) is 6.43. The Hall–Kier alpha value is -1.55. The molecule has 20 heavy (non-hydrogen) atoms. The maximum Gasteiger partial charge on any atom is 0.240 e. The second-order valence-electron chi connectivity index (χ2n) is 5.73. The van der Waals surface area contributed by atoms with Crippen LogP contribution in [0.3, 0.4) is 0 Å². The van der Waals surface area contributed by atoms with E-state index >= 15 is 0 Å². The first kappa shape index (κ1) is 13.4. The summed E-state index contributed by atoms with van der Waals surface area (Å²) in [6.07, 6.45) is 3.79. The largest absolute Gasteiger partial charge is 0.488 e. The number of nitrogens with one attached hydrogen (secondary N) is 2. The molecule has 1 amide bonds. The molecule has 3 rings (SSSR count). The quantitative estimate of drug-likeness (QED) is 0.877. The lowest BCUT2D eigenvalue weighted by molar-refractivity contribution is -0.127. The molecule has 1 aromatic carbocycles. The lowest BCUT2D eigenvalue weighted by atomic mass is 9.93. The molecule has 2 heterocycles. The summed E-state index contributed by atoms with van der Waals surface area (Å²) >= 11 is 0. The Morgan fingerprint density at radius 1 is 1.50 bits per heavy atom. The van der Waals surface area contributed by atoms with E-state index in [1.54, 1.807) is 0 Å². The van der Waals surface area contributed by atoms with Gasteiger partial charge in [-0.2, -0.15) is 0 Å². The number of carbonyl (C=O) groups excluding carboxylic acids is 1. The normalized spacial score (nSPS) is 27.9. The highest BCUT2D eigenvalue weighted by molar-refractivity contribution is 5.86. The molecule has 4 heteroatoms. The number of rotatable bonds is 4. The van der Waals surface area contributed by atoms with Crippen LogP contribution >= 0.6 is 0 Å². The number of para-hydroxylation sites is 1. The van der Waals surface area contributed by atoms with E-state index in [0.717, 1.165) is 38.0 Å². The SMILES string of the molecule is CCC1(C(=O)NCC2Cc3ccccc3O2)CCCN1. The van der Waals surface area contributed by atoms with Crippen molar-refractivity contribution in [2.24, 2.45) is 0 Å². The van der Waals surface area contributed by atoms with Gasteiger partial charge in [0, 0.05) is 6.42 Å².